The predicted molar refractivity (Wildman–Crippen MR) is 97.8 cm³/mol. The van der Waals surface area contributed by atoms with Gasteiger partial charge in [-0.3, -0.25) is 14.4 Å². The van der Waals surface area contributed by atoms with Crippen molar-refractivity contribution in [3.05, 3.63) is 0 Å². The van der Waals surface area contributed by atoms with Gasteiger partial charge in [0.25, 0.3) is 0 Å². The molecule has 0 aromatic heterocycles. The fourth-order valence-corrected chi connectivity index (χ4v) is 3.59. The van der Waals surface area contributed by atoms with Gasteiger partial charge in [-0.2, -0.15) is 0 Å². The third-order valence-corrected chi connectivity index (χ3v) is 5.22. The topological polar surface area (TPSA) is 90.5 Å². The van der Waals surface area contributed by atoms with Crippen molar-refractivity contribution in [1.29, 1.82) is 0 Å². The maximum absolute atomic E-state index is 12.6. The average Bonchev–Trinajstić information content (AvgIpc) is 2.66. The summed E-state index contributed by atoms with van der Waals surface area (Å²) in [5.74, 6) is -0.220. The second-order valence-electron chi connectivity index (χ2n) is 6.95. The Labute approximate surface area is 160 Å². The molecule has 0 aromatic rings. The van der Waals surface area contributed by atoms with E-state index in [9.17, 15) is 19.2 Å². The second kappa shape index (κ2) is 9.57. The zero-order valence-corrected chi connectivity index (χ0v) is 16.5. The van der Waals surface area contributed by atoms with Gasteiger partial charge in [-0.05, 0) is 19.8 Å². The summed E-state index contributed by atoms with van der Waals surface area (Å²) in [5, 5.41) is 0. The molecule has 0 saturated carbocycles. The fraction of sp³-hybridized carbons (Fsp3) is 0.778. The highest BCUT2D eigenvalue weighted by atomic mass is 16.6. The Morgan fingerprint density at radius 3 is 1.93 bits per heavy atom. The van der Waals surface area contributed by atoms with Crippen LogP contribution in [0.15, 0.2) is 0 Å². The Hall–Kier alpha value is -2.32. The quantitative estimate of drug-likeness (QED) is 0.690. The molecule has 0 N–H and O–H groups in total. The van der Waals surface area contributed by atoms with Gasteiger partial charge in [0.05, 0.1) is 13.2 Å². The van der Waals surface area contributed by atoms with E-state index in [1.807, 2.05) is 0 Å². The van der Waals surface area contributed by atoms with E-state index >= 15 is 0 Å². The van der Waals surface area contributed by atoms with Crippen molar-refractivity contribution in [3.8, 4) is 0 Å². The largest absolute Gasteiger partial charge is 0.450 e. The summed E-state index contributed by atoms with van der Waals surface area (Å²) in [7, 11) is 0. The highest BCUT2D eigenvalue weighted by Crippen LogP contribution is 2.18. The van der Waals surface area contributed by atoms with Crippen molar-refractivity contribution in [2.75, 3.05) is 52.4 Å². The number of hydrogen-bond donors (Lipinski definition) is 0. The number of ether oxygens (including phenoxy) is 1. The summed E-state index contributed by atoms with van der Waals surface area (Å²) in [6.45, 7) is 8.20. The number of likely N-dealkylation sites (tertiary alicyclic amines) is 1. The average molecular weight is 382 g/mol. The molecule has 0 unspecified atom stereocenters. The number of nitrogens with zero attached hydrogens (tertiary/aromatic N) is 4. The van der Waals surface area contributed by atoms with Gasteiger partial charge >= 0.3 is 6.09 Å². The van der Waals surface area contributed by atoms with Crippen LogP contribution in [0.2, 0.25) is 0 Å². The standard InChI is InChI=1S/C18H30N4O5/c1-4-27-18(26)21-7-5-16(6-8-21)22(15(3)24)13-17(25)20-11-9-19(10-12-20)14(2)23/h16H,4-13H2,1-3H3. The lowest BCUT2D eigenvalue weighted by molar-refractivity contribution is -0.144. The van der Waals surface area contributed by atoms with E-state index in [1.165, 1.54) is 13.8 Å². The molecule has 0 bridgehead atoms. The van der Waals surface area contributed by atoms with E-state index in [1.54, 1.807) is 26.5 Å². The van der Waals surface area contributed by atoms with Crippen molar-refractivity contribution >= 4 is 23.8 Å². The number of carbonyl (C=O) groups excluding carboxylic acids is 4. The summed E-state index contributed by atoms with van der Waals surface area (Å²) in [4.78, 5) is 54.6. The molecule has 0 aromatic carbocycles. The van der Waals surface area contributed by atoms with E-state index in [-0.39, 0.29) is 36.4 Å². The number of piperazine rings is 1. The number of amides is 4. The van der Waals surface area contributed by atoms with Gasteiger partial charge in [-0.1, -0.05) is 0 Å². The van der Waals surface area contributed by atoms with Crippen LogP contribution in [0.25, 0.3) is 0 Å². The lowest BCUT2D eigenvalue weighted by Gasteiger charge is -2.39. The molecule has 0 spiro atoms. The van der Waals surface area contributed by atoms with Crippen LogP contribution in [0.3, 0.4) is 0 Å². The molecule has 9 heteroatoms. The molecule has 27 heavy (non-hydrogen) atoms. The molecular formula is C18H30N4O5. The lowest BCUT2D eigenvalue weighted by atomic mass is 10.0. The van der Waals surface area contributed by atoms with Gasteiger partial charge in [0.2, 0.25) is 17.7 Å². The second-order valence-corrected chi connectivity index (χ2v) is 6.95. The summed E-state index contributed by atoms with van der Waals surface area (Å²) >= 11 is 0. The Morgan fingerprint density at radius 1 is 0.889 bits per heavy atom. The van der Waals surface area contributed by atoms with Gasteiger partial charge in [0.1, 0.15) is 0 Å². The molecular weight excluding hydrogens is 352 g/mol. The first-order chi connectivity index (χ1) is 12.8. The SMILES string of the molecule is CCOC(=O)N1CCC(N(CC(=O)N2CCN(C(C)=O)CC2)C(C)=O)CC1. The van der Waals surface area contributed by atoms with E-state index in [0.717, 1.165) is 0 Å². The minimum absolute atomic E-state index is 0.0146. The molecule has 4 amide bonds. The molecule has 152 valence electrons. The van der Waals surface area contributed by atoms with Crippen molar-refractivity contribution in [3.63, 3.8) is 0 Å². The molecule has 9 nitrogen and oxygen atoms in total. The minimum Gasteiger partial charge on any atom is -0.450 e. The van der Waals surface area contributed by atoms with Crippen LogP contribution in [0, 0.1) is 0 Å². The lowest BCUT2D eigenvalue weighted by Crippen LogP contribution is -2.55. The molecule has 0 aliphatic carbocycles. The first kappa shape index (κ1) is 21.0. The number of piperidine rings is 1. The molecule has 0 radical (unpaired) electrons. The highest BCUT2D eigenvalue weighted by Gasteiger charge is 2.31. The maximum atomic E-state index is 12.6. The first-order valence-corrected chi connectivity index (χ1v) is 9.55. The van der Waals surface area contributed by atoms with Crippen LogP contribution in [0.1, 0.15) is 33.6 Å². The van der Waals surface area contributed by atoms with Crippen molar-refractivity contribution in [2.24, 2.45) is 0 Å². The van der Waals surface area contributed by atoms with Crippen LogP contribution < -0.4 is 0 Å². The van der Waals surface area contributed by atoms with Gasteiger partial charge in [0.15, 0.2) is 0 Å². The van der Waals surface area contributed by atoms with Gasteiger partial charge in [-0.25, -0.2) is 4.79 Å². The van der Waals surface area contributed by atoms with Gasteiger partial charge in [-0.15, -0.1) is 0 Å². The van der Waals surface area contributed by atoms with Crippen molar-refractivity contribution in [2.45, 2.75) is 39.7 Å². The van der Waals surface area contributed by atoms with Crippen LogP contribution >= 0.6 is 0 Å². The molecule has 2 aliphatic rings. The summed E-state index contributed by atoms with van der Waals surface area (Å²) in [6.07, 6.45) is 0.929. The minimum atomic E-state index is -0.329. The Morgan fingerprint density at radius 2 is 1.44 bits per heavy atom. The number of hydrogen-bond acceptors (Lipinski definition) is 5. The van der Waals surface area contributed by atoms with Crippen LogP contribution in [-0.4, -0.2) is 102 Å². The van der Waals surface area contributed by atoms with E-state index in [0.29, 0.717) is 58.7 Å². The molecule has 2 saturated heterocycles. The third-order valence-electron chi connectivity index (χ3n) is 5.22. The van der Waals surface area contributed by atoms with Crippen LogP contribution in [0.4, 0.5) is 4.79 Å². The summed E-state index contributed by atoms with van der Waals surface area (Å²) in [6, 6.07) is -0.0596. The maximum Gasteiger partial charge on any atom is 0.409 e. The molecule has 2 rings (SSSR count). The van der Waals surface area contributed by atoms with Crippen molar-refractivity contribution in [1.82, 2.24) is 19.6 Å². The Balaban J connectivity index is 1.87. The number of rotatable bonds is 4. The zero-order valence-electron chi connectivity index (χ0n) is 16.5. The molecule has 2 heterocycles. The Bertz CT molecular complexity index is 566. The summed E-state index contributed by atoms with van der Waals surface area (Å²) in [5.41, 5.74) is 0. The zero-order chi connectivity index (χ0) is 20.0. The van der Waals surface area contributed by atoms with Gasteiger partial charge < -0.3 is 24.3 Å². The first-order valence-electron chi connectivity index (χ1n) is 9.55. The highest BCUT2D eigenvalue weighted by molar-refractivity contribution is 5.84. The van der Waals surface area contributed by atoms with Crippen LogP contribution in [-0.2, 0) is 19.1 Å². The summed E-state index contributed by atoms with van der Waals surface area (Å²) < 4.78 is 5.01. The number of carbonyl (C=O) groups is 4. The normalized spacial score (nSPS) is 18.3. The monoisotopic (exact) mass is 382 g/mol. The van der Waals surface area contributed by atoms with Gasteiger partial charge in [0, 0.05) is 59.2 Å². The van der Waals surface area contributed by atoms with Crippen LogP contribution in [0.5, 0.6) is 0 Å². The molecule has 2 aliphatic heterocycles. The fourth-order valence-electron chi connectivity index (χ4n) is 3.59. The van der Waals surface area contributed by atoms with E-state index < -0.39 is 0 Å². The van der Waals surface area contributed by atoms with Crippen molar-refractivity contribution < 1.29 is 23.9 Å². The smallest absolute Gasteiger partial charge is 0.409 e. The Kier molecular flexibility index (Phi) is 7.44. The van der Waals surface area contributed by atoms with E-state index in [4.69, 9.17) is 4.74 Å². The molecule has 0 atom stereocenters. The molecule has 2 fully saturated rings. The third kappa shape index (κ3) is 5.58. The predicted octanol–water partition coefficient (Wildman–Crippen LogP) is 0.147. The van der Waals surface area contributed by atoms with E-state index in [2.05, 4.69) is 0 Å².